The first kappa shape index (κ1) is 13.3. The van der Waals surface area contributed by atoms with E-state index >= 15 is 0 Å². The van der Waals surface area contributed by atoms with Crippen molar-refractivity contribution in [2.24, 2.45) is 5.73 Å². The number of hydrogen-bond donors (Lipinski definition) is 1. The maximum Gasteiger partial charge on any atom is 0.255 e. The second kappa shape index (κ2) is 5.78. The maximum atomic E-state index is 12.7. The van der Waals surface area contributed by atoms with Crippen molar-refractivity contribution in [3.05, 3.63) is 65.0 Å². The van der Waals surface area contributed by atoms with Gasteiger partial charge in [-0.3, -0.25) is 9.78 Å². The van der Waals surface area contributed by atoms with Crippen molar-refractivity contribution in [3.8, 4) is 11.8 Å². The van der Waals surface area contributed by atoms with Crippen LogP contribution in [0.25, 0.3) is 0 Å². The predicted octanol–water partition coefficient (Wildman–Crippen LogP) is 1.55. The molecule has 104 valence electrons. The summed E-state index contributed by atoms with van der Waals surface area (Å²) in [6, 6.07) is 9.83. The third-order valence-electron chi connectivity index (χ3n) is 3.50. The van der Waals surface area contributed by atoms with Gasteiger partial charge in [0, 0.05) is 25.5 Å². The number of rotatable bonds is 1. The van der Waals surface area contributed by atoms with E-state index in [0.717, 1.165) is 0 Å². The molecule has 0 bridgehead atoms. The van der Waals surface area contributed by atoms with Crippen LogP contribution in [0, 0.1) is 11.8 Å². The molecule has 1 aromatic carbocycles. The number of carbonyl (C=O) groups excluding carboxylic acids is 1. The molecule has 0 atom stereocenters. The van der Waals surface area contributed by atoms with Crippen molar-refractivity contribution in [2.45, 2.75) is 13.1 Å². The molecule has 2 N–H and O–H groups in total. The lowest BCUT2D eigenvalue weighted by Gasteiger charge is -2.16. The Hall–Kier alpha value is -2.64. The summed E-state index contributed by atoms with van der Waals surface area (Å²) in [5.74, 6) is 5.67. The summed E-state index contributed by atoms with van der Waals surface area (Å²) >= 11 is 0. The van der Waals surface area contributed by atoms with E-state index in [2.05, 4.69) is 29.0 Å². The van der Waals surface area contributed by atoms with Gasteiger partial charge in [-0.25, -0.2) is 0 Å². The number of nitrogens with two attached hydrogens (primary N) is 1. The Morgan fingerprint density at radius 2 is 1.95 bits per heavy atom. The Kier molecular flexibility index (Phi) is 3.67. The molecule has 2 aromatic rings. The van der Waals surface area contributed by atoms with E-state index in [1.54, 1.807) is 18.5 Å². The van der Waals surface area contributed by atoms with Crippen molar-refractivity contribution >= 4 is 5.91 Å². The molecule has 0 radical (unpaired) electrons. The summed E-state index contributed by atoms with van der Waals surface area (Å²) in [4.78, 5) is 18.6. The molecule has 2 heterocycles. The zero-order valence-electron chi connectivity index (χ0n) is 11.5. The maximum absolute atomic E-state index is 12.7. The summed E-state index contributed by atoms with van der Waals surface area (Å²) in [7, 11) is 0. The molecule has 0 spiro atoms. The zero-order valence-corrected chi connectivity index (χ0v) is 11.5. The number of benzene rings is 1. The lowest BCUT2D eigenvalue weighted by atomic mass is 10.1. The molecule has 0 fully saturated rings. The minimum Gasteiger partial charge on any atom is -0.330 e. The minimum atomic E-state index is -0.0186. The van der Waals surface area contributed by atoms with Crippen molar-refractivity contribution < 1.29 is 4.79 Å². The van der Waals surface area contributed by atoms with Gasteiger partial charge >= 0.3 is 0 Å². The van der Waals surface area contributed by atoms with Gasteiger partial charge in [-0.05, 0) is 17.2 Å². The van der Waals surface area contributed by atoms with E-state index in [-0.39, 0.29) is 12.5 Å². The summed E-state index contributed by atoms with van der Waals surface area (Å²) in [5.41, 5.74) is 9.01. The summed E-state index contributed by atoms with van der Waals surface area (Å²) < 4.78 is 0. The molecule has 1 aliphatic rings. The first-order valence-corrected chi connectivity index (χ1v) is 6.78. The molecule has 1 amide bonds. The van der Waals surface area contributed by atoms with E-state index in [1.165, 1.54) is 11.1 Å². The number of fused-ring (bicyclic) bond motifs is 1. The van der Waals surface area contributed by atoms with Crippen LogP contribution in [0.4, 0.5) is 0 Å². The van der Waals surface area contributed by atoms with Gasteiger partial charge in [-0.15, -0.1) is 0 Å². The lowest BCUT2D eigenvalue weighted by Crippen LogP contribution is -2.26. The lowest BCUT2D eigenvalue weighted by molar-refractivity contribution is 0.0751. The van der Waals surface area contributed by atoms with E-state index in [9.17, 15) is 4.79 Å². The number of aromatic nitrogens is 1. The quantitative estimate of drug-likeness (QED) is 0.805. The highest BCUT2D eigenvalue weighted by molar-refractivity contribution is 5.96. The SMILES string of the molecule is NCC#Cc1cnccc1C(=O)N1Cc2ccccc2C1. The van der Waals surface area contributed by atoms with Gasteiger partial charge in [0.2, 0.25) is 0 Å². The van der Waals surface area contributed by atoms with Gasteiger partial charge in [-0.1, -0.05) is 36.1 Å². The predicted molar refractivity (Wildman–Crippen MR) is 80.2 cm³/mol. The molecule has 0 saturated heterocycles. The third-order valence-corrected chi connectivity index (χ3v) is 3.50. The molecule has 21 heavy (non-hydrogen) atoms. The van der Waals surface area contributed by atoms with E-state index in [0.29, 0.717) is 24.2 Å². The van der Waals surface area contributed by atoms with E-state index in [4.69, 9.17) is 5.73 Å². The molecule has 1 aliphatic heterocycles. The fourth-order valence-corrected chi connectivity index (χ4v) is 2.47. The topological polar surface area (TPSA) is 59.2 Å². The molecule has 0 unspecified atom stereocenters. The molecular weight excluding hydrogens is 262 g/mol. The van der Waals surface area contributed by atoms with Gasteiger partial charge in [-0.2, -0.15) is 0 Å². The molecule has 0 aliphatic carbocycles. The monoisotopic (exact) mass is 277 g/mol. The Morgan fingerprint density at radius 3 is 2.62 bits per heavy atom. The van der Waals surface area contributed by atoms with Gasteiger partial charge in [0.05, 0.1) is 17.7 Å². The molecule has 1 aromatic heterocycles. The van der Waals surface area contributed by atoms with Crippen LogP contribution in [-0.4, -0.2) is 22.3 Å². The number of pyridine rings is 1. The molecule has 3 rings (SSSR count). The second-order valence-corrected chi connectivity index (χ2v) is 4.86. The Morgan fingerprint density at radius 1 is 1.24 bits per heavy atom. The smallest absolute Gasteiger partial charge is 0.255 e. The fourth-order valence-electron chi connectivity index (χ4n) is 2.47. The largest absolute Gasteiger partial charge is 0.330 e. The van der Waals surface area contributed by atoms with Crippen molar-refractivity contribution in [1.29, 1.82) is 0 Å². The second-order valence-electron chi connectivity index (χ2n) is 4.86. The summed E-state index contributed by atoms with van der Waals surface area (Å²) in [6.07, 6.45) is 3.23. The Labute approximate surface area is 123 Å². The van der Waals surface area contributed by atoms with Crippen molar-refractivity contribution in [2.75, 3.05) is 6.54 Å². The van der Waals surface area contributed by atoms with Crippen LogP contribution in [0.15, 0.2) is 42.7 Å². The van der Waals surface area contributed by atoms with Crippen LogP contribution in [0.5, 0.6) is 0 Å². The number of nitrogens with zero attached hydrogens (tertiary/aromatic N) is 2. The molecule has 4 nitrogen and oxygen atoms in total. The molecule has 4 heteroatoms. The van der Waals surface area contributed by atoms with Gasteiger partial charge in [0.15, 0.2) is 0 Å². The Balaban J connectivity index is 1.88. The third kappa shape index (κ3) is 2.64. The fraction of sp³-hybridized carbons (Fsp3) is 0.176. The van der Waals surface area contributed by atoms with Crippen molar-refractivity contribution in [1.82, 2.24) is 9.88 Å². The number of carbonyl (C=O) groups is 1. The highest BCUT2D eigenvalue weighted by Gasteiger charge is 2.25. The summed E-state index contributed by atoms with van der Waals surface area (Å²) in [5, 5.41) is 0. The highest BCUT2D eigenvalue weighted by atomic mass is 16.2. The van der Waals surface area contributed by atoms with E-state index < -0.39 is 0 Å². The standard InChI is InChI=1S/C17H15N3O/c18-8-3-6-13-10-19-9-7-16(13)17(21)20-11-14-4-1-2-5-15(14)12-20/h1-2,4-5,7,9-10H,8,11-12,18H2. The zero-order chi connectivity index (χ0) is 14.7. The average molecular weight is 277 g/mol. The van der Waals surface area contributed by atoms with Crippen molar-refractivity contribution in [3.63, 3.8) is 0 Å². The first-order chi connectivity index (χ1) is 10.3. The van der Waals surface area contributed by atoms with Crippen LogP contribution in [-0.2, 0) is 13.1 Å². The average Bonchev–Trinajstić information content (AvgIpc) is 2.96. The van der Waals surface area contributed by atoms with Gasteiger partial charge in [0.25, 0.3) is 5.91 Å². The number of hydrogen-bond acceptors (Lipinski definition) is 3. The Bertz CT molecular complexity index is 718. The van der Waals surface area contributed by atoms with Crippen LogP contribution < -0.4 is 5.73 Å². The molecule has 0 saturated carbocycles. The van der Waals surface area contributed by atoms with E-state index in [1.807, 2.05) is 17.0 Å². The van der Waals surface area contributed by atoms with Crippen LogP contribution in [0.3, 0.4) is 0 Å². The van der Waals surface area contributed by atoms with Crippen LogP contribution in [0.1, 0.15) is 27.0 Å². The minimum absolute atomic E-state index is 0.0186. The highest BCUT2D eigenvalue weighted by Crippen LogP contribution is 2.24. The van der Waals surface area contributed by atoms with Crippen LogP contribution in [0.2, 0.25) is 0 Å². The molecular formula is C17H15N3O. The first-order valence-electron chi connectivity index (χ1n) is 6.78. The van der Waals surface area contributed by atoms with Gasteiger partial charge < -0.3 is 10.6 Å². The van der Waals surface area contributed by atoms with Crippen LogP contribution >= 0.6 is 0 Å². The summed E-state index contributed by atoms with van der Waals surface area (Å²) in [6.45, 7) is 1.54. The number of amides is 1. The normalized spacial score (nSPS) is 12.5. The van der Waals surface area contributed by atoms with Gasteiger partial charge in [0.1, 0.15) is 0 Å².